The van der Waals surface area contributed by atoms with Crippen molar-refractivity contribution in [2.24, 2.45) is 20.0 Å². The molecular formula is C26H34N6O3. The molecule has 1 aliphatic heterocycles. The molecule has 1 aromatic carbocycles. The van der Waals surface area contributed by atoms with Crippen molar-refractivity contribution < 1.29 is 4.79 Å². The number of benzene rings is 1. The van der Waals surface area contributed by atoms with Crippen molar-refractivity contribution in [1.29, 1.82) is 0 Å². The summed E-state index contributed by atoms with van der Waals surface area (Å²) >= 11 is 0. The quantitative estimate of drug-likeness (QED) is 0.573. The summed E-state index contributed by atoms with van der Waals surface area (Å²) in [5, 5.41) is 0. The van der Waals surface area contributed by atoms with Crippen molar-refractivity contribution in [1.82, 2.24) is 23.6 Å². The highest BCUT2D eigenvalue weighted by atomic mass is 16.2. The SMILES string of the molecule is Cc1cccc(Cn2c(N3CCN(C(=O)C4CCCCC4)CC3)nc3c2c(=O)n(C)c(=O)n3C)c1. The van der Waals surface area contributed by atoms with Crippen LogP contribution in [0.25, 0.3) is 11.2 Å². The van der Waals surface area contributed by atoms with E-state index in [1.54, 1.807) is 7.05 Å². The largest absolute Gasteiger partial charge is 0.339 e. The first kappa shape index (κ1) is 23.4. The minimum absolute atomic E-state index is 0.166. The van der Waals surface area contributed by atoms with Gasteiger partial charge in [-0.15, -0.1) is 0 Å². The first-order valence-electron chi connectivity index (χ1n) is 12.6. The van der Waals surface area contributed by atoms with E-state index in [1.807, 2.05) is 34.6 Å². The van der Waals surface area contributed by atoms with Gasteiger partial charge >= 0.3 is 5.69 Å². The predicted octanol–water partition coefficient (Wildman–Crippen LogP) is 2.02. The molecule has 5 rings (SSSR count). The summed E-state index contributed by atoms with van der Waals surface area (Å²) in [5.41, 5.74) is 2.28. The maximum absolute atomic E-state index is 13.2. The van der Waals surface area contributed by atoms with Gasteiger partial charge in [-0.1, -0.05) is 49.1 Å². The maximum atomic E-state index is 13.2. The van der Waals surface area contributed by atoms with Crippen molar-refractivity contribution >= 4 is 23.0 Å². The van der Waals surface area contributed by atoms with Gasteiger partial charge in [-0.25, -0.2) is 4.79 Å². The summed E-state index contributed by atoms with van der Waals surface area (Å²) < 4.78 is 4.52. The number of fused-ring (bicyclic) bond motifs is 1. The number of carbonyl (C=O) groups is 1. The molecule has 186 valence electrons. The average molecular weight is 479 g/mol. The van der Waals surface area contributed by atoms with Crippen LogP contribution in [0.4, 0.5) is 5.95 Å². The maximum Gasteiger partial charge on any atom is 0.332 e. The molecular weight excluding hydrogens is 444 g/mol. The molecule has 1 saturated carbocycles. The standard InChI is InChI=1S/C26H34N6O3/c1-18-8-7-9-19(16-18)17-32-21-22(28(2)26(35)29(3)24(21)34)27-25(32)31-14-12-30(13-15-31)23(33)20-10-5-4-6-11-20/h7-9,16,20H,4-6,10-15,17H2,1-3H3. The highest BCUT2D eigenvalue weighted by Gasteiger charge is 2.30. The van der Waals surface area contributed by atoms with Crippen LogP contribution in [0.3, 0.4) is 0 Å². The minimum atomic E-state index is -0.392. The Kier molecular flexibility index (Phi) is 6.25. The van der Waals surface area contributed by atoms with Gasteiger partial charge in [-0.3, -0.25) is 23.3 Å². The van der Waals surface area contributed by atoms with E-state index in [1.165, 1.54) is 18.0 Å². The summed E-state index contributed by atoms with van der Waals surface area (Å²) in [6.45, 7) is 5.08. The average Bonchev–Trinajstić information content (AvgIpc) is 3.25. The third kappa shape index (κ3) is 4.28. The Morgan fingerprint density at radius 3 is 2.40 bits per heavy atom. The summed E-state index contributed by atoms with van der Waals surface area (Å²) in [7, 11) is 3.15. The summed E-state index contributed by atoms with van der Waals surface area (Å²) in [6.07, 6.45) is 5.53. The molecule has 2 aliphatic rings. The normalized spacial score (nSPS) is 17.3. The van der Waals surface area contributed by atoms with Gasteiger partial charge in [-0.05, 0) is 25.3 Å². The lowest BCUT2D eigenvalue weighted by Gasteiger charge is -2.37. The number of carbonyl (C=O) groups excluding carboxylic acids is 1. The molecule has 9 nitrogen and oxygen atoms in total. The topological polar surface area (TPSA) is 85.4 Å². The third-order valence-corrected chi connectivity index (χ3v) is 7.58. The van der Waals surface area contributed by atoms with Gasteiger partial charge < -0.3 is 9.80 Å². The third-order valence-electron chi connectivity index (χ3n) is 7.58. The Morgan fingerprint density at radius 2 is 1.71 bits per heavy atom. The first-order valence-corrected chi connectivity index (χ1v) is 12.6. The number of piperazine rings is 1. The smallest absolute Gasteiger partial charge is 0.332 e. The Labute approximate surface area is 204 Å². The van der Waals surface area contributed by atoms with Crippen LogP contribution in [0.15, 0.2) is 33.9 Å². The number of aromatic nitrogens is 4. The van der Waals surface area contributed by atoms with Crippen molar-refractivity contribution in [2.45, 2.75) is 45.6 Å². The highest BCUT2D eigenvalue weighted by molar-refractivity contribution is 5.79. The van der Waals surface area contributed by atoms with Crippen LogP contribution in [-0.4, -0.2) is 55.7 Å². The molecule has 0 bridgehead atoms. The lowest BCUT2D eigenvalue weighted by Crippen LogP contribution is -2.51. The lowest BCUT2D eigenvalue weighted by atomic mass is 9.88. The number of nitrogens with zero attached hydrogens (tertiary/aromatic N) is 6. The van der Waals surface area contributed by atoms with Gasteiger partial charge in [0.2, 0.25) is 11.9 Å². The number of imidazole rings is 1. The van der Waals surface area contributed by atoms with Gasteiger partial charge in [-0.2, -0.15) is 4.98 Å². The first-order chi connectivity index (χ1) is 16.8. The molecule has 9 heteroatoms. The fourth-order valence-electron chi connectivity index (χ4n) is 5.55. The van der Waals surface area contributed by atoms with Crippen molar-refractivity contribution in [3.8, 4) is 0 Å². The zero-order valence-corrected chi connectivity index (χ0v) is 20.9. The van der Waals surface area contributed by atoms with Gasteiger partial charge in [0.1, 0.15) is 0 Å². The summed E-state index contributed by atoms with van der Waals surface area (Å²) in [6, 6.07) is 8.19. The Morgan fingerprint density at radius 1 is 1.00 bits per heavy atom. The molecule has 2 aromatic heterocycles. The van der Waals surface area contributed by atoms with E-state index >= 15 is 0 Å². The van der Waals surface area contributed by atoms with Crippen LogP contribution in [-0.2, 0) is 25.4 Å². The van der Waals surface area contributed by atoms with E-state index in [2.05, 4.69) is 11.0 Å². The second-order valence-electron chi connectivity index (χ2n) is 10.0. The fourth-order valence-corrected chi connectivity index (χ4v) is 5.55. The van der Waals surface area contributed by atoms with Crippen LogP contribution in [0.2, 0.25) is 0 Å². The minimum Gasteiger partial charge on any atom is -0.339 e. The zero-order valence-electron chi connectivity index (χ0n) is 20.9. The van der Waals surface area contributed by atoms with E-state index < -0.39 is 5.69 Å². The molecule has 1 saturated heterocycles. The second-order valence-corrected chi connectivity index (χ2v) is 10.0. The van der Waals surface area contributed by atoms with Crippen LogP contribution in [0.1, 0.15) is 43.2 Å². The molecule has 3 aromatic rings. The van der Waals surface area contributed by atoms with E-state index in [9.17, 15) is 14.4 Å². The van der Waals surface area contributed by atoms with Gasteiger partial charge in [0, 0.05) is 46.2 Å². The van der Waals surface area contributed by atoms with Crippen LogP contribution in [0.5, 0.6) is 0 Å². The number of anilines is 1. The number of rotatable bonds is 4. The van der Waals surface area contributed by atoms with E-state index in [0.717, 1.165) is 41.4 Å². The second kappa shape index (κ2) is 9.36. The monoisotopic (exact) mass is 478 g/mol. The number of hydrogen-bond acceptors (Lipinski definition) is 5. The van der Waals surface area contributed by atoms with Crippen molar-refractivity contribution in [3.63, 3.8) is 0 Å². The van der Waals surface area contributed by atoms with E-state index in [-0.39, 0.29) is 17.4 Å². The molecule has 2 fully saturated rings. The molecule has 1 amide bonds. The van der Waals surface area contributed by atoms with E-state index in [0.29, 0.717) is 49.8 Å². The molecule has 3 heterocycles. The molecule has 0 radical (unpaired) electrons. The Hall–Kier alpha value is -3.36. The fraction of sp³-hybridized carbons (Fsp3) is 0.538. The molecule has 0 spiro atoms. The molecule has 35 heavy (non-hydrogen) atoms. The van der Waals surface area contributed by atoms with Gasteiger partial charge in [0.25, 0.3) is 5.56 Å². The lowest BCUT2D eigenvalue weighted by molar-refractivity contribution is -0.136. The van der Waals surface area contributed by atoms with Crippen LogP contribution in [0, 0.1) is 12.8 Å². The summed E-state index contributed by atoms with van der Waals surface area (Å²) in [5.74, 6) is 1.12. The number of amides is 1. The van der Waals surface area contributed by atoms with Gasteiger partial charge in [0.15, 0.2) is 11.2 Å². The van der Waals surface area contributed by atoms with E-state index in [4.69, 9.17) is 4.98 Å². The molecule has 0 unspecified atom stereocenters. The Balaban J connectivity index is 1.49. The van der Waals surface area contributed by atoms with Crippen molar-refractivity contribution in [3.05, 3.63) is 56.2 Å². The summed E-state index contributed by atoms with van der Waals surface area (Å²) in [4.78, 5) is 47.8. The van der Waals surface area contributed by atoms with Crippen LogP contribution < -0.4 is 16.1 Å². The predicted molar refractivity (Wildman–Crippen MR) is 136 cm³/mol. The molecule has 0 N–H and O–H groups in total. The Bertz CT molecular complexity index is 1370. The number of hydrogen-bond donors (Lipinski definition) is 0. The zero-order chi connectivity index (χ0) is 24.7. The molecule has 1 aliphatic carbocycles. The van der Waals surface area contributed by atoms with Crippen LogP contribution >= 0.6 is 0 Å². The van der Waals surface area contributed by atoms with Crippen molar-refractivity contribution in [2.75, 3.05) is 31.1 Å². The highest BCUT2D eigenvalue weighted by Crippen LogP contribution is 2.27. The molecule has 0 atom stereocenters. The number of aryl methyl sites for hydroxylation is 2. The van der Waals surface area contributed by atoms with Gasteiger partial charge in [0.05, 0.1) is 6.54 Å².